The Bertz CT molecular complexity index is 2850. The molecule has 2 aromatic rings. The fourth-order valence-corrected chi connectivity index (χ4v) is 23.4. The number of benzene rings is 2. The van der Waals surface area contributed by atoms with E-state index in [0.29, 0.717) is 41.4 Å². The van der Waals surface area contributed by atoms with Gasteiger partial charge in [0.2, 0.25) is 0 Å². The van der Waals surface area contributed by atoms with E-state index in [9.17, 15) is 15.0 Å². The molecule has 1 amide bonds. The predicted molar refractivity (Wildman–Crippen MR) is 318 cm³/mol. The van der Waals surface area contributed by atoms with Gasteiger partial charge < -0.3 is 34.6 Å². The van der Waals surface area contributed by atoms with Crippen LogP contribution in [0.5, 0.6) is 0 Å². The molecule has 6 saturated carbocycles. The van der Waals surface area contributed by atoms with E-state index in [-0.39, 0.29) is 71.7 Å². The minimum atomic E-state index is -0.182. The van der Waals surface area contributed by atoms with Crippen molar-refractivity contribution in [3.63, 3.8) is 0 Å². The third-order valence-electron chi connectivity index (χ3n) is 27.5. The maximum Gasteiger partial charge on any atom is 0.410 e. The number of hydrogen-bond donors (Lipinski definition) is 3. The van der Waals surface area contributed by atoms with Gasteiger partial charge in [0.1, 0.15) is 6.61 Å². The van der Waals surface area contributed by atoms with Crippen molar-refractivity contribution in [1.82, 2.24) is 10.2 Å². The van der Waals surface area contributed by atoms with Gasteiger partial charge in [0.05, 0.1) is 41.7 Å². The Morgan fingerprint density at radius 1 is 0.738 bits per heavy atom. The molecule has 22 atom stereocenters. The van der Waals surface area contributed by atoms with Gasteiger partial charge in [0.15, 0.2) is 0 Å². The molecule has 2 aromatic carbocycles. The number of carbonyl (C=O) groups excluding carboxylic acids is 1. The van der Waals surface area contributed by atoms with Gasteiger partial charge in [0.25, 0.3) is 0 Å². The minimum absolute atomic E-state index is 0. The van der Waals surface area contributed by atoms with Gasteiger partial charge >= 0.3 is 6.09 Å². The number of allylic oxidation sites excluding steroid dienone is 3. The topological polar surface area (TPSA) is 100 Å². The number of aliphatic hydroxyl groups is 2. The van der Waals surface area contributed by atoms with Gasteiger partial charge in [-0.1, -0.05) is 139 Å². The van der Waals surface area contributed by atoms with Crippen LogP contribution in [0.25, 0.3) is 11.1 Å². The Labute approximate surface area is 481 Å². The summed E-state index contributed by atoms with van der Waals surface area (Å²) < 4.78 is 20.8. The normalized spacial score (nSPS) is 48.8. The molecule has 3 N–H and O–H groups in total. The number of aliphatic hydroxyl groups excluding tert-OH is 2. The molecule has 0 aromatic heterocycles. The van der Waals surface area contributed by atoms with Gasteiger partial charge in [-0.25, -0.2) is 4.79 Å². The summed E-state index contributed by atoms with van der Waals surface area (Å²) in [6.07, 6.45) is 25.9. The maximum absolute atomic E-state index is 14.2. The van der Waals surface area contributed by atoms with Crippen molar-refractivity contribution < 1.29 is 29.2 Å². The summed E-state index contributed by atoms with van der Waals surface area (Å²) in [5, 5.41) is 24.7. The quantitative estimate of drug-likeness (QED) is 0.258. The molecule has 434 valence electrons. The van der Waals surface area contributed by atoms with Gasteiger partial charge in [-0.15, -0.1) is 0 Å². The Balaban J connectivity index is 0.000000156. The molecule has 14 aliphatic rings. The van der Waals surface area contributed by atoms with Crippen LogP contribution in [0.3, 0.4) is 0 Å². The number of hydrogen-bond acceptors (Lipinski definition) is 7. The number of nitrogens with zero attached hydrogens (tertiary/aromatic N) is 1. The number of nitrogens with one attached hydrogen (secondary N) is 1. The summed E-state index contributed by atoms with van der Waals surface area (Å²) in [5.41, 5.74) is 12.6. The standard InChI is InChI=1S/C43H53NO4.C28H43NO2.CH4/c1-25-19-37-38(44(22-25)39(46)47-23-34-31-11-7-5-9-29(31)30-10-6-8-12-32(30)34)26(2)43(48-37)18-16-35-33-14-13-27-20-28(45)15-17-40(27,3)36(33)21-42(35)24-41(42,43)4;1-16-11-25-26(29-15-16)18(3)28(31-25)10-8-21-22-6-5-19-12-20(30)7-9-27(19,4)24(22)13-23(21)17(2)14-28;/h5-13,25-26,28,33-38,45H,14-24H2,1-4H3;5,16,18,20-22,24-26,29-30H,6-15H2,1-4H3;1H4/t25-,26+,28-,33-,35-,36-,37+,38-,40-,41?,42?,43+;16-,18+,20-,21-,22-,24-,25+,26-,27-,28-;/m00./s1. The molecule has 8 nitrogen and oxygen atoms in total. The monoisotopic (exact) mass is 1090 g/mol. The third kappa shape index (κ3) is 7.63. The lowest BCUT2D eigenvalue weighted by atomic mass is 9.56. The number of rotatable bonds is 2. The lowest BCUT2D eigenvalue weighted by Gasteiger charge is -2.50. The van der Waals surface area contributed by atoms with E-state index in [2.05, 4.69) is 126 Å². The smallest absolute Gasteiger partial charge is 0.410 e. The number of carbonyl (C=O) groups is 1. The molecule has 2 unspecified atom stereocenters. The first kappa shape index (κ1) is 54.7. The summed E-state index contributed by atoms with van der Waals surface area (Å²) in [6.45, 7) is 21.9. The second-order valence-corrected chi connectivity index (χ2v) is 30.9. The fraction of sp³-hybridized carbons (Fsp3) is 0.736. The van der Waals surface area contributed by atoms with Crippen LogP contribution in [0.1, 0.15) is 195 Å². The van der Waals surface area contributed by atoms with Crippen LogP contribution in [-0.4, -0.2) is 88.6 Å². The zero-order chi connectivity index (χ0) is 54.3. The van der Waals surface area contributed by atoms with E-state index < -0.39 is 0 Å². The fourth-order valence-electron chi connectivity index (χ4n) is 23.4. The number of fused-ring (bicyclic) bond motifs is 15. The third-order valence-corrected chi connectivity index (χ3v) is 27.5. The molecule has 10 aliphatic carbocycles. The predicted octanol–water partition coefficient (Wildman–Crippen LogP) is 14.8. The maximum atomic E-state index is 14.2. The molecule has 0 radical (unpaired) electrons. The molecule has 4 aliphatic heterocycles. The Morgan fingerprint density at radius 2 is 1.39 bits per heavy atom. The molecule has 80 heavy (non-hydrogen) atoms. The van der Waals surface area contributed by atoms with Gasteiger partial charge in [0, 0.05) is 35.8 Å². The largest absolute Gasteiger partial charge is 0.448 e. The molecule has 3 spiro atoms. The first-order valence-electron chi connectivity index (χ1n) is 32.6. The van der Waals surface area contributed by atoms with Crippen molar-refractivity contribution in [2.45, 2.75) is 232 Å². The molecule has 16 rings (SSSR count). The van der Waals surface area contributed by atoms with E-state index in [0.717, 1.165) is 106 Å². The van der Waals surface area contributed by atoms with Crippen LogP contribution >= 0.6 is 0 Å². The summed E-state index contributed by atoms with van der Waals surface area (Å²) in [4.78, 5) is 16.3. The first-order valence-corrected chi connectivity index (χ1v) is 32.6. The molecule has 4 heterocycles. The van der Waals surface area contributed by atoms with Crippen molar-refractivity contribution >= 4 is 6.09 Å². The van der Waals surface area contributed by atoms with Gasteiger partial charge in [-0.2, -0.15) is 0 Å². The molecular weight excluding hydrogens is 989 g/mol. The van der Waals surface area contributed by atoms with E-state index >= 15 is 0 Å². The highest BCUT2D eigenvalue weighted by Gasteiger charge is 2.85. The van der Waals surface area contributed by atoms with E-state index in [1.807, 2.05) is 0 Å². The zero-order valence-electron chi connectivity index (χ0n) is 49.4. The highest BCUT2D eigenvalue weighted by atomic mass is 16.6. The Kier molecular flexibility index (Phi) is 13.1. The van der Waals surface area contributed by atoms with Crippen molar-refractivity contribution in [1.29, 1.82) is 0 Å². The number of piperidine rings is 2. The highest BCUT2D eigenvalue weighted by molar-refractivity contribution is 5.79. The lowest BCUT2D eigenvalue weighted by Crippen LogP contribution is -2.56. The minimum Gasteiger partial charge on any atom is -0.448 e. The lowest BCUT2D eigenvalue weighted by molar-refractivity contribution is -0.147. The second-order valence-electron chi connectivity index (χ2n) is 30.9. The number of ether oxygens (including phenoxy) is 3. The molecule has 0 bridgehead atoms. The number of likely N-dealkylation sites (tertiary alicyclic amines) is 1. The molecule has 8 heteroatoms. The van der Waals surface area contributed by atoms with Crippen LogP contribution in [0.2, 0.25) is 0 Å². The summed E-state index contributed by atoms with van der Waals surface area (Å²) in [6, 6.07) is 17.8. The van der Waals surface area contributed by atoms with Crippen LogP contribution in [-0.2, 0) is 14.2 Å². The Morgan fingerprint density at radius 3 is 2.09 bits per heavy atom. The van der Waals surface area contributed by atoms with Gasteiger partial charge in [-0.3, -0.25) is 0 Å². The number of amides is 1. The average molecular weight is 1090 g/mol. The van der Waals surface area contributed by atoms with Crippen LogP contribution in [0.4, 0.5) is 4.79 Å². The van der Waals surface area contributed by atoms with Gasteiger partial charge in [-0.05, 0) is 215 Å². The SMILES string of the molecule is C.CC1=C2C[C@H]3[C@@H](CC=C4C[C@@H](O)CC[C@@]43C)[C@@H]2CC[C@@]2(C1)O[C@@H]1C[C@H](C)CN[C@H]1[C@H]2C.C[C@H]1C[C@H]2O[C@]3(CC[C@H]4[C@@H]5CC=C6C[C@@H](O)CC[C@]6(C)[C@H]5CC45CC53C)[C@H](C)[C@@H]2N(C(=O)OCC2c3ccccc3-c3ccccc32)C1. The first-order chi connectivity index (χ1) is 37.9. The van der Waals surface area contributed by atoms with Crippen molar-refractivity contribution in [2.75, 3.05) is 19.7 Å². The second kappa shape index (κ2) is 19.1. The molecular formula is C72H100N2O6. The van der Waals surface area contributed by atoms with Crippen LogP contribution < -0.4 is 5.32 Å². The summed E-state index contributed by atoms with van der Waals surface area (Å²) in [7, 11) is 0. The van der Waals surface area contributed by atoms with Crippen molar-refractivity contribution in [3.05, 3.63) is 94.1 Å². The molecule has 10 fully saturated rings. The van der Waals surface area contributed by atoms with Crippen molar-refractivity contribution in [3.8, 4) is 11.1 Å². The Hall–Kier alpha value is -3.27. The average Bonchev–Trinajstić information content (AvgIpc) is 3.64. The summed E-state index contributed by atoms with van der Waals surface area (Å²) >= 11 is 0. The molecule has 4 saturated heterocycles. The summed E-state index contributed by atoms with van der Waals surface area (Å²) in [5.74, 6) is 6.68. The zero-order valence-corrected chi connectivity index (χ0v) is 49.4. The van der Waals surface area contributed by atoms with E-state index in [1.165, 1.54) is 86.5 Å². The van der Waals surface area contributed by atoms with Crippen LogP contribution in [0, 0.1) is 80.8 Å². The highest BCUT2D eigenvalue weighted by Crippen LogP contribution is 2.87. The van der Waals surface area contributed by atoms with Crippen molar-refractivity contribution in [2.24, 2.45) is 80.8 Å². The van der Waals surface area contributed by atoms with E-state index in [4.69, 9.17) is 14.2 Å². The van der Waals surface area contributed by atoms with Crippen LogP contribution in [0.15, 0.2) is 83.0 Å². The van der Waals surface area contributed by atoms with E-state index in [1.54, 1.807) is 22.3 Å².